The van der Waals surface area contributed by atoms with Crippen LogP contribution in [0, 0.1) is 5.92 Å². The van der Waals surface area contributed by atoms with E-state index in [2.05, 4.69) is 0 Å². The molecule has 0 saturated heterocycles. The van der Waals surface area contributed by atoms with Gasteiger partial charge in [0.1, 0.15) is 0 Å². The number of aliphatic hydroxyl groups is 1. The van der Waals surface area contributed by atoms with Crippen molar-refractivity contribution >= 4 is 0 Å². The van der Waals surface area contributed by atoms with Crippen molar-refractivity contribution in [2.45, 2.75) is 39.3 Å². The quantitative estimate of drug-likeness (QED) is 0.593. The fourth-order valence-electron chi connectivity index (χ4n) is 0.736. The number of hydrogen-bond acceptors (Lipinski definition) is 2. The molecule has 0 radical (unpaired) electrons. The largest absolute Gasteiger partial charge is 0.391 e. The maximum Gasteiger partial charge on any atom is 0.0713 e. The van der Waals surface area contributed by atoms with Crippen molar-refractivity contribution in [1.29, 1.82) is 0 Å². The molecule has 0 aromatic carbocycles. The summed E-state index contributed by atoms with van der Waals surface area (Å²) >= 11 is 0. The molecular weight excluding hydrogens is 114 g/mol. The van der Waals surface area contributed by atoms with E-state index < -0.39 is 0 Å². The Morgan fingerprint density at radius 2 is 1.89 bits per heavy atom. The Hall–Kier alpha value is -0.0800. The van der Waals surface area contributed by atoms with Gasteiger partial charge in [0.05, 0.1) is 6.10 Å². The average Bonchev–Trinajstić information content (AvgIpc) is 1.84. The molecule has 9 heavy (non-hydrogen) atoms. The lowest BCUT2D eigenvalue weighted by atomic mass is 9.99. The molecular formula is C7H17NO. The van der Waals surface area contributed by atoms with Crippen molar-refractivity contribution in [3.8, 4) is 0 Å². The first-order valence-corrected chi connectivity index (χ1v) is 3.53. The minimum Gasteiger partial charge on any atom is -0.391 e. The average molecular weight is 131 g/mol. The minimum atomic E-state index is -0.338. The van der Waals surface area contributed by atoms with Crippen LogP contribution in [0.3, 0.4) is 0 Å². The summed E-state index contributed by atoms with van der Waals surface area (Å²) in [6.45, 7) is 5.93. The lowest BCUT2D eigenvalue weighted by Crippen LogP contribution is -2.37. The second-order valence-electron chi connectivity index (χ2n) is 2.81. The summed E-state index contributed by atoms with van der Waals surface area (Å²) in [7, 11) is 0. The highest BCUT2D eigenvalue weighted by atomic mass is 16.3. The Labute approximate surface area is 57.1 Å². The molecule has 0 aromatic heterocycles. The van der Waals surface area contributed by atoms with E-state index >= 15 is 0 Å². The Kier molecular flexibility index (Phi) is 3.82. The van der Waals surface area contributed by atoms with E-state index in [0.717, 1.165) is 6.42 Å². The molecule has 0 aliphatic rings. The van der Waals surface area contributed by atoms with Crippen LogP contribution in [-0.2, 0) is 0 Å². The fourth-order valence-corrected chi connectivity index (χ4v) is 0.736. The van der Waals surface area contributed by atoms with Crippen LogP contribution < -0.4 is 5.73 Å². The molecule has 0 bridgehead atoms. The summed E-state index contributed by atoms with van der Waals surface area (Å²) in [4.78, 5) is 0. The van der Waals surface area contributed by atoms with Gasteiger partial charge < -0.3 is 10.8 Å². The minimum absolute atomic E-state index is 0.0509. The van der Waals surface area contributed by atoms with Crippen LogP contribution in [0.15, 0.2) is 0 Å². The first-order valence-electron chi connectivity index (χ1n) is 3.53. The van der Waals surface area contributed by atoms with Crippen LogP contribution in [-0.4, -0.2) is 17.3 Å². The van der Waals surface area contributed by atoms with E-state index in [-0.39, 0.29) is 18.1 Å². The van der Waals surface area contributed by atoms with E-state index in [4.69, 9.17) is 5.73 Å². The van der Waals surface area contributed by atoms with Crippen molar-refractivity contribution in [2.24, 2.45) is 11.7 Å². The van der Waals surface area contributed by atoms with Crippen LogP contribution in [0.25, 0.3) is 0 Å². The molecule has 0 amide bonds. The highest BCUT2D eigenvalue weighted by molar-refractivity contribution is 4.72. The van der Waals surface area contributed by atoms with Gasteiger partial charge in [-0.15, -0.1) is 0 Å². The van der Waals surface area contributed by atoms with Gasteiger partial charge in [0, 0.05) is 6.04 Å². The zero-order valence-corrected chi connectivity index (χ0v) is 6.46. The SMILES string of the molecule is CC[C@H](N)[C@@H](O)C(C)C. The van der Waals surface area contributed by atoms with E-state index in [1.54, 1.807) is 0 Å². The molecule has 56 valence electrons. The first kappa shape index (κ1) is 8.92. The van der Waals surface area contributed by atoms with E-state index in [1.807, 2.05) is 20.8 Å². The monoisotopic (exact) mass is 131 g/mol. The summed E-state index contributed by atoms with van der Waals surface area (Å²) in [6.07, 6.45) is 0.509. The van der Waals surface area contributed by atoms with Gasteiger partial charge in [0.25, 0.3) is 0 Å². The Morgan fingerprint density at radius 3 is 2.00 bits per heavy atom. The first-order chi connectivity index (χ1) is 4.09. The summed E-state index contributed by atoms with van der Waals surface area (Å²) < 4.78 is 0. The van der Waals surface area contributed by atoms with Crippen LogP contribution in [0.4, 0.5) is 0 Å². The molecule has 0 spiro atoms. The number of nitrogens with two attached hydrogens (primary N) is 1. The van der Waals surface area contributed by atoms with Crippen molar-refractivity contribution in [2.75, 3.05) is 0 Å². The fraction of sp³-hybridized carbons (Fsp3) is 1.00. The highest BCUT2D eigenvalue weighted by Crippen LogP contribution is 2.05. The molecule has 0 rings (SSSR count). The second-order valence-corrected chi connectivity index (χ2v) is 2.81. The normalized spacial score (nSPS) is 18.0. The Morgan fingerprint density at radius 1 is 1.44 bits per heavy atom. The third-order valence-electron chi connectivity index (χ3n) is 1.59. The molecule has 2 atom stereocenters. The van der Waals surface area contributed by atoms with Gasteiger partial charge in [-0.2, -0.15) is 0 Å². The predicted molar refractivity (Wildman–Crippen MR) is 39.1 cm³/mol. The summed E-state index contributed by atoms with van der Waals surface area (Å²) in [6, 6.07) is -0.0509. The summed E-state index contributed by atoms with van der Waals surface area (Å²) in [5, 5.41) is 9.27. The number of aliphatic hydroxyl groups excluding tert-OH is 1. The van der Waals surface area contributed by atoms with Crippen molar-refractivity contribution in [1.82, 2.24) is 0 Å². The molecule has 3 N–H and O–H groups in total. The van der Waals surface area contributed by atoms with Crippen molar-refractivity contribution in [3.63, 3.8) is 0 Å². The van der Waals surface area contributed by atoms with E-state index in [0.29, 0.717) is 0 Å². The standard InChI is InChI=1S/C7H17NO/c1-4-6(8)7(9)5(2)3/h5-7,9H,4,8H2,1-3H3/t6-,7-/m0/s1. The lowest BCUT2D eigenvalue weighted by molar-refractivity contribution is 0.0964. The smallest absolute Gasteiger partial charge is 0.0713 e. The molecule has 0 unspecified atom stereocenters. The zero-order chi connectivity index (χ0) is 7.44. The van der Waals surface area contributed by atoms with Crippen molar-refractivity contribution in [3.05, 3.63) is 0 Å². The number of hydrogen-bond donors (Lipinski definition) is 2. The van der Waals surface area contributed by atoms with Gasteiger partial charge in [-0.25, -0.2) is 0 Å². The Bertz CT molecular complexity index is 73.3. The molecule has 0 saturated carbocycles. The van der Waals surface area contributed by atoms with E-state index in [1.165, 1.54) is 0 Å². The summed E-state index contributed by atoms with van der Waals surface area (Å²) in [5.74, 6) is 0.278. The zero-order valence-electron chi connectivity index (χ0n) is 6.46. The second kappa shape index (κ2) is 3.85. The maximum absolute atomic E-state index is 9.27. The maximum atomic E-state index is 9.27. The topological polar surface area (TPSA) is 46.2 Å². The molecule has 0 heterocycles. The number of rotatable bonds is 3. The molecule has 0 aliphatic carbocycles. The molecule has 0 aliphatic heterocycles. The third-order valence-corrected chi connectivity index (χ3v) is 1.59. The van der Waals surface area contributed by atoms with Gasteiger partial charge in [0.2, 0.25) is 0 Å². The van der Waals surface area contributed by atoms with Crippen LogP contribution >= 0.6 is 0 Å². The van der Waals surface area contributed by atoms with Gasteiger partial charge in [-0.05, 0) is 12.3 Å². The molecule has 2 heteroatoms. The van der Waals surface area contributed by atoms with Gasteiger partial charge >= 0.3 is 0 Å². The van der Waals surface area contributed by atoms with Gasteiger partial charge in [0.15, 0.2) is 0 Å². The third kappa shape index (κ3) is 2.82. The van der Waals surface area contributed by atoms with Crippen molar-refractivity contribution < 1.29 is 5.11 Å². The molecule has 0 aromatic rings. The highest BCUT2D eigenvalue weighted by Gasteiger charge is 2.15. The molecule has 2 nitrogen and oxygen atoms in total. The lowest BCUT2D eigenvalue weighted by Gasteiger charge is -2.20. The van der Waals surface area contributed by atoms with E-state index in [9.17, 15) is 5.11 Å². The van der Waals surface area contributed by atoms with Crippen LogP contribution in [0.5, 0.6) is 0 Å². The van der Waals surface area contributed by atoms with Gasteiger partial charge in [-0.3, -0.25) is 0 Å². The summed E-state index contributed by atoms with van der Waals surface area (Å²) in [5.41, 5.74) is 5.57. The van der Waals surface area contributed by atoms with Crippen LogP contribution in [0.2, 0.25) is 0 Å². The predicted octanol–water partition coefficient (Wildman–Crippen LogP) is 0.741. The van der Waals surface area contributed by atoms with Crippen LogP contribution in [0.1, 0.15) is 27.2 Å². The van der Waals surface area contributed by atoms with Gasteiger partial charge in [-0.1, -0.05) is 20.8 Å². The Balaban J connectivity index is 3.58. The molecule has 0 fully saturated rings.